The maximum atomic E-state index is 11.1. The van der Waals surface area contributed by atoms with Crippen molar-refractivity contribution in [2.75, 3.05) is 31.6 Å². The zero-order chi connectivity index (χ0) is 14.8. The van der Waals surface area contributed by atoms with Crippen molar-refractivity contribution in [1.29, 1.82) is 0 Å². The summed E-state index contributed by atoms with van der Waals surface area (Å²) in [4.78, 5) is 12.9. The Morgan fingerprint density at radius 1 is 1.60 bits per heavy atom. The lowest BCUT2D eigenvalue weighted by molar-refractivity contribution is -0.384. The number of hydrogen-bond acceptors (Lipinski definition) is 5. The number of aliphatic hydroxyl groups excluding tert-OH is 1. The zero-order valence-corrected chi connectivity index (χ0v) is 12.9. The van der Waals surface area contributed by atoms with Crippen molar-refractivity contribution in [3.8, 4) is 0 Å². The molecule has 1 aromatic rings. The molecule has 1 fully saturated rings. The van der Waals surface area contributed by atoms with E-state index in [1.165, 1.54) is 6.07 Å². The molecule has 1 heterocycles. The molecule has 0 saturated carbocycles. The normalized spacial score (nSPS) is 22.9. The number of hydrogen-bond donors (Lipinski definition) is 2. The average Bonchev–Trinajstić information content (AvgIpc) is 2.70. The third-order valence-corrected chi connectivity index (χ3v) is 4.05. The number of anilines is 1. The summed E-state index contributed by atoms with van der Waals surface area (Å²) in [6.45, 7) is 4.46. The zero-order valence-electron chi connectivity index (χ0n) is 11.3. The predicted octanol–water partition coefficient (Wildman–Crippen LogP) is 2.23. The van der Waals surface area contributed by atoms with E-state index in [0.29, 0.717) is 12.2 Å². The number of benzene rings is 1. The Bertz CT molecular complexity index is 512. The topological polar surface area (TPSA) is 78.6 Å². The van der Waals surface area contributed by atoms with Crippen LogP contribution in [0.15, 0.2) is 22.7 Å². The van der Waals surface area contributed by atoms with Gasteiger partial charge in [-0.25, -0.2) is 0 Å². The molecule has 6 nitrogen and oxygen atoms in total. The molecule has 1 aliphatic rings. The number of halogens is 1. The van der Waals surface area contributed by atoms with E-state index < -0.39 is 0 Å². The van der Waals surface area contributed by atoms with E-state index in [1.54, 1.807) is 12.1 Å². The molecule has 0 bridgehead atoms. The predicted molar refractivity (Wildman–Crippen MR) is 81.0 cm³/mol. The Balaban J connectivity index is 2.17. The highest BCUT2D eigenvalue weighted by Crippen LogP contribution is 2.33. The van der Waals surface area contributed by atoms with Crippen molar-refractivity contribution in [1.82, 2.24) is 4.90 Å². The molecule has 0 amide bonds. The fourth-order valence-electron chi connectivity index (χ4n) is 2.58. The van der Waals surface area contributed by atoms with Crippen molar-refractivity contribution >= 4 is 27.3 Å². The molecule has 110 valence electrons. The monoisotopic (exact) mass is 343 g/mol. The molecule has 1 aromatic carbocycles. The first-order chi connectivity index (χ1) is 9.43. The SMILES string of the molecule is CC1(Nc2cc(Br)ccc2[N+](=O)[O-])CCN(CCO)C1. The molecule has 7 heteroatoms. The summed E-state index contributed by atoms with van der Waals surface area (Å²) in [5, 5.41) is 23.4. The number of likely N-dealkylation sites (tertiary alicyclic amines) is 1. The van der Waals surface area contributed by atoms with Crippen LogP contribution in [0.25, 0.3) is 0 Å². The van der Waals surface area contributed by atoms with Crippen molar-refractivity contribution in [2.24, 2.45) is 0 Å². The van der Waals surface area contributed by atoms with E-state index >= 15 is 0 Å². The smallest absolute Gasteiger partial charge is 0.292 e. The maximum absolute atomic E-state index is 11.1. The van der Waals surface area contributed by atoms with Gasteiger partial charge in [-0.15, -0.1) is 0 Å². The first-order valence-electron chi connectivity index (χ1n) is 6.49. The van der Waals surface area contributed by atoms with Gasteiger partial charge in [-0.1, -0.05) is 15.9 Å². The summed E-state index contributed by atoms with van der Waals surface area (Å²) in [5.74, 6) is 0. The van der Waals surface area contributed by atoms with Gasteiger partial charge < -0.3 is 10.4 Å². The molecule has 0 aliphatic carbocycles. The van der Waals surface area contributed by atoms with Crippen LogP contribution < -0.4 is 5.32 Å². The molecule has 1 unspecified atom stereocenters. The maximum Gasteiger partial charge on any atom is 0.292 e. The standard InChI is InChI=1S/C13H18BrN3O3/c1-13(4-5-16(9-13)6-7-18)15-11-8-10(14)2-3-12(11)17(19)20/h2-3,8,15,18H,4-7,9H2,1H3. The van der Waals surface area contributed by atoms with Crippen LogP contribution in [-0.2, 0) is 0 Å². The Kier molecular flexibility index (Phi) is 4.62. The first-order valence-corrected chi connectivity index (χ1v) is 7.28. The Morgan fingerprint density at radius 3 is 3.00 bits per heavy atom. The minimum Gasteiger partial charge on any atom is -0.395 e. The molecule has 20 heavy (non-hydrogen) atoms. The van der Waals surface area contributed by atoms with Gasteiger partial charge >= 0.3 is 0 Å². The highest BCUT2D eigenvalue weighted by molar-refractivity contribution is 9.10. The van der Waals surface area contributed by atoms with E-state index in [1.807, 2.05) is 0 Å². The number of nitro groups is 1. The summed E-state index contributed by atoms with van der Waals surface area (Å²) >= 11 is 3.34. The fourth-order valence-corrected chi connectivity index (χ4v) is 2.94. The second kappa shape index (κ2) is 6.07. The molecule has 2 rings (SSSR count). The van der Waals surface area contributed by atoms with Gasteiger partial charge in [0.2, 0.25) is 0 Å². The minimum atomic E-state index is -0.376. The summed E-state index contributed by atoms with van der Waals surface area (Å²) in [7, 11) is 0. The number of nitrogens with one attached hydrogen (secondary N) is 1. The van der Waals surface area contributed by atoms with Gasteiger partial charge in [0.25, 0.3) is 5.69 Å². The third kappa shape index (κ3) is 3.47. The molecule has 1 saturated heterocycles. The van der Waals surface area contributed by atoms with E-state index in [4.69, 9.17) is 5.11 Å². The van der Waals surface area contributed by atoms with E-state index in [0.717, 1.165) is 24.0 Å². The van der Waals surface area contributed by atoms with Gasteiger partial charge in [0.05, 0.1) is 11.5 Å². The van der Waals surface area contributed by atoms with E-state index in [2.05, 4.69) is 33.1 Å². The number of β-amino-alcohol motifs (C(OH)–C–C–N with tert-alkyl or cyclic N) is 1. The highest BCUT2D eigenvalue weighted by atomic mass is 79.9. The summed E-state index contributed by atoms with van der Waals surface area (Å²) in [6.07, 6.45) is 0.886. The van der Waals surface area contributed by atoms with Crippen molar-refractivity contribution in [3.05, 3.63) is 32.8 Å². The van der Waals surface area contributed by atoms with Crippen molar-refractivity contribution in [3.63, 3.8) is 0 Å². The molecule has 2 N–H and O–H groups in total. The van der Waals surface area contributed by atoms with Gasteiger partial charge in [-0.3, -0.25) is 15.0 Å². The molecule has 0 aromatic heterocycles. The van der Waals surface area contributed by atoms with Crippen LogP contribution in [0, 0.1) is 10.1 Å². The molecule has 1 aliphatic heterocycles. The van der Waals surface area contributed by atoms with Gasteiger partial charge in [-0.05, 0) is 25.5 Å². The lowest BCUT2D eigenvalue weighted by atomic mass is 10.0. The molecule has 0 spiro atoms. The lowest BCUT2D eigenvalue weighted by Gasteiger charge is -2.27. The Morgan fingerprint density at radius 2 is 2.35 bits per heavy atom. The molecular formula is C13H18BrN3O3. The van der Waals surface area contributed by atoms with Crippen LogP contribution in [0.3, 0.4) is 0 Å². The number of nitro benzene ring substituents is 1. The van der Waals surface area contributed by atoms with Crippen LogP contribution in [-0.4, -0.2) is 46.7 Å². The molecule has 1 atom stereocenters. The van der Waals surface area contributed by atoms with Gasteiger partial charge in [0.1, 0.15) is 5.69 Å². The lowest BCUT2D eigenvalue weighted by Crippen LogP contribution is -2.38. The fraction of sp³-hybridized carbons (Fsp3) is 0.538. The van der Waals surface area contributed by atoms with Crippen molar-refractivity contribution < 1.29 is 10.0 Å². The number of nitrogens with zero attached hydrogens (tertiary/aromatic N) is 2. The van der Waals surface area contributed by atoms with Gasteiger partial charge in [0.15, 0.2) is 0 Å². The highest BCUT2D eigenvalue weighted by Gasteiger charge is 2.34. The summed E-state index contributed by atoms with van der Waals surface area (Å²) in [5.41, 5.74) is 0.383. The van der Waals surface area contributed by atoms with Crippen LogP contribution in [0.2, 0.25) is 0 Å². The van der Waals surface area contributed by atoms with Gasteiger partial charge in [-0.2, -0.15) is 0 Å². The van der Waals surface area contributed by atoms with Crippen LogP contribution in [0.4, 0.5) is 11.4 Å². The molecular weight excluding hydrogens is 326 g/mol. The second-order valence-electron chi connectivity index (χ2n) is 5.35. The van der Waals surface area contributed by atoms with Crippen molar-refractivity contribution in [2.45, 2.75) is 18.9 Å². The van der Waals surface area contributed by atoms with Crippen LogP contribution >= 0.6 is 15.9 Å². The minimum absolute atomic E-state index is 0.0787. The first kappa shape index (κ1) is 15.2. The Hall–Kier alpha value is -1.18. The quantitative estimate of drug-likeness (QED) is 0.633. The average molecular weight is 344 g/mol. The number of rotatable bonds is 5. The summed E-state index contributed by atoms with van der Waals surface area (Å²) < 4.78 is 0.805. The third-order valence-electron chi connectivity index (χ3n) is 3.56. The van der Waals surface area contributed by atoms with E-state index in [9.17, 15) is 10.1 Å². The van der Waals surface area contributed by atoms with Crippen LogP contribution in [0.5, 0.6) is 0 Å². The Labute approximate surface area is 126 Å². The van der Waals surface area contributed by atoms with E-state index in [-0.39, 0.29) is 22.8 Å². The largest absolute Gasteiger partial charge is 0.395 e. The van der Waals surface area contributed by atoms with Gasteiger partial charge in [0, 0.05) is 35.7 Å². The summed E-state index contributed by atoms with van der Waals surface area (Å²) in [6, 6.07) is 4.90. The second-order valence-corrected chi connectivity index (χ2v) is 6.27. The number of aliphatic hydroxyl groups is 1. The van der Waals surface area contributed by atoms with Crippen LogP contribution in [0.1, 0.15) is 13.3 Å². The molecule has 0 radical (unpaired) electrons.